The molecule has 1 rings (SSSR count). The highest BCUT2D eigenvalue weighted by Crippen LogP contribution is 2.17. The minimum Gasteiger partial charge on any atom is -0.337 e. The number of hydrogen-bond donors (Lipinski definition) is 0. The average molecular weight is 283 g/mol. The van der Waals surface area contributed by atoms with Crippen molar-refractivity contribution in [3.05, 3.63) is 34.9 Å². The van der Waals surface area contributed by atoms with Gasteiger partial charge in [0.15, 0.2) is 0 Å². The van der Waals surface area contributed by atoms with E-state index in [4.69, 9.17) is 11.6 Å². The van der Waals surface area contributed by atoms with Crippen LogP contribution in [0, 0.1) is 0 Å². The summed E-state index contributed by atoms with van der Waals surface area (Å²) >= 11 is 6.14. The van der Waals surface area contributed by atoms with E-state index in [2.05, 4.69) is 18.7 Å². The van der Waals surface area contributed by atoms with E-state index in [0.717, 1.165) is 23.7 Å². The second-order valence-electron chi connectivity index (χ2n) is 4.46. The first kappa shape index (κ1) is 16.0. The Morgan fingerprint density at radius 1 is 1.11 bits per heavy atom. The van der Waals surface area contributed by atoms with Crippen molar-refractivity contribution in [3.8, 4) is 0 Å². The molecule has 1 aromatic carbocycles. The lowest BCUT2D eigenvalue weighted by atomic mass is 10.2. The molecule has 0 saturated carbocycles. The summed E-state index contributed by atoms with van der Waals surface area (Å²) in [5, 5.41) is 0.719. The first-order valence-corrected chi connectivity index (χ1v) is 7.23. The summed E-state index contributed by atoms with van der Waals surface area (Å²) in [5.41, 5.74) is 0.999. The Bertz CT molecular complexity index is 405. The Morgan fingerprint density at radius 3 is 2.26 bits per heavy atom. The van der Waals surface area contributed by atoms with Crippen LogP contribution >= 0.6 is 11.6 Å². The molecule has 0 saturated heterocycles. The molecule has 3 nitrogen and oxygen atoms in total. The van der Waals surface area contributed by atoms with Gasteiger partial charge in [0, 0.05) is 18.1 Å². The van der Waals surface area contributed by atoms with Gasteiger partial charge in [-0.25, -0.2) is 0 Å². The van der Waals surface area contributed by atoms with Crippen LogP contribution in [0.3, 0.4) is 0 Å². The second kappa shape index (κ2) is 8.18. The first-order valence-electron chi connectivity index (χ1n) is 6.85. The minimum atomic E-state index is 0.158. The predicted molar refractivity (Wildman–Crippen MR) is 80.3 cm³/mol. The summed E-state index contributed by atoms with van der Waals surface area (Å²) in [6.45, 7) is 9.68. The van der Waals surface area contributed by atoms with Crippen LogP contribution in [-0.2, 0) is 11.3 Å². The van der Waals surface area contributed by atoms with Gasteiger partial charge < -0.3 is 4.90 Å². The second-order valence-corrected chi connectivity index (χ2v) is 4.87. The summed E-state index contributed by atoms with van der Waals surface area (Å²) < 4.78 is 0. The highest BCUT2D eigenvalue weighted by atomic mass is 35.5. The third-order valence-corrected chi connectivity index (χ3v) is 3.68. The first-order chi connectivity index (χ1) is 9.12. The van der Waals surface area contributed by atoms with Crippen LogP contribution < -0.4 is 0 Å². The molecule has 0 atom stereocenters. The summed E-state index contributed by atoms with van der Waals surface area (Å²) in [6, 6.07) is 7.68. The molecule has 0 N–H and O–H groups in total. The van der Waals surface area contributed by atoms with E-state index in [1.54, 1.807) is 0 Å². The van der Waals surface area contributed by atoms with E-state index in [1.807, 2.05) is 36.1 Å². The van der Waals surface area contributed by atoms with Crippen molar-refractivity contribution < 1.29 is 4.79 Å². The third kappa shape index (κ3) is 4.84. The zero-order valence-electron chi connectivity index (χ0n) is 12.0. The normalized spacial score (nSPS) is 10.8. The van der Waals surface area contributed by atoms with Gasteiger partial charge in [-0.1, -0.05) is 43.6 Å². The maximum atomic E-state index is 12.3. The zero-order valence-corrected chi connectivity index (χ0v) is 12.8. The van der Waals surface area contributed by atoms with Gasteiger partial charge in [-0.05, 0) is 31.6 Å². The van der Waals surface area contributed by atoms with Crippen LogP contribution in [0.2, 0.25) is 5.02 Å². The van der Waals surface area contributed by atoms with Gasteiger partial charge in [0.05, 0.1) is 6.54 Å². The average Bonchev–Trinajstić information content (AvgIpc) is 2.43. The van der Waals surface area contributed by atoms with Crippen LogP contribution in [-0.4, -0.2) is 41.9 Å². The van der Waals surface area contributed by atoms with Crippen LogP contribution in [0.1, 0.15) is 26.3 Å². The number of rotatable bonds is 7. The number of amides is 1. The van der Waals surface area contributed by atoms with Gasteiger partial charge in [-0.2, -0.15) is 0 Å². The van der Waals surface area contributed by atoms with Crippen LogP contribution in [0.15, 0.2) is 24.3 Å². The molecule has 0 aromatic heterocycles. The highest BCUT2D eigenvalue weighted by molar-refractivity contribution is 6.31. The molecule has 1 amide bonds. The van der Waals surface area contributed by atoms with Crippen molar-refractivity contribution in [2.24, 2.45) is 0 Å². The summed E-state index contributed by atoms with van der Waals surface area (Å²) in [6.07, 6.45) is 0. The summed E-state index contributed by atoms with van der Waals surface area (Å²) in [7, 11) is 0. The molecule has 4 heteroatoms. The van der Waals surface area contributed by atoms with Crippen molar-refractivity contribution in [3.63, 3.8) is 0 Å². The summed E-state index contributed by atoms with van der Waals surface area (Å²) in [4.78, 5) is 16.2. The molecule has 0 unspecified atom stereocenters. The predicted octanol–water partition coefficient (Wildman–Crippen LogP) is 3.03. The molecule has 106 valence electrons. The number of hydrogen-bond acceptors (Lipinski definition) is 2. The van der Waals surface area contributed by atoms with Crippen molar-refractivity contribution in [2.75, 3.05) is 26.2 Å². The van der Waals surface area contributed by atoms with Gasteiger partial charge in [-0.15, -0.1) is 0 Å². The monoisotopic (exact) mass is 282 g/mol. The summed E-state index contributed by atoms with van der Waals surface area (Å²) in [5.74, 6) is 0.158. The quantitative estimate of drug-likeness (QED) is 0.767. The molecule has 0 radical (unpaired) electrons. The highest BCUT2D eigenvalue weighted by Gasteiger charge is 2.15. The van der Waals surface area contributed by atoms with Crippen LogP contribution in [0.5, 0.6) is 0 Å². The molecule has 0 aliphatic rings. The molecule has 0 aliphatic carbocycles. The van der Waals surface area contributed by atoms with Crippen molar-refractivity contribution >= 4 is 17.5 Å². The Hall–Kier alpha value is -1.06. The van der Waals surface area contributed by atoms with Crippen molar-refractivity contribution in [1.29, 1.82) is 0 Å². The molecule has 0 heterocycles. The number of likely N-dealkylation sites (N-methyl/N-ethyl adjacent to an activating group) is 2. The van der Waals surface area contributed by atoms with E-state index < -0.39 is 0 Å². The van der Waals surface area contributed by atoms with Gasteiger partial charge >= 0.3 is 0 Å². The van der Waals surface area contributed by atoms with Crippen molar-refractivity contribution in [1.82, 2.24) is 9.80 Å². The van der Waals surface area contributed by atoms with E-state index in [9.17, 15) is 4.79 Å². The third-order valence-electron chi connectivity index (χ3n) is 3.31. The van der Waals surface area contributed by atoms with E-state index >= 15 is 0 Å². The number of benzene rings is 1. The smallest absolute Gasteiger partial charge is 0.237 e. The molecular formula is C15H23ClN2O. The lowest BCUT2D eigenvalue weighted by molar-refractivity contribution is -0.132. The fraction of sp³-hybridized carbons (Fsp3) is 0.533. The number of carbonyl (C=O) groups is 1. The fourth-order valence-corrected chi connectivity index (χ4v) is 2.14. The Balaban J connectivity index is 2.68. The van der Waals surface area contributed by atoms with E-state index in [1.165, 1.54) is 0 Å². The lowest BCUT2D eigenvalue weighted by Gasteiger charge is -2.25. The van der Waals surface area contributed by atoms with Crippen LogP contribution in [0.25, 0.3) is 0 Å². The largest absolute Gasteiger partial charge is 0.337 e. The van der Waals surface area contributed by atoms with Gasteiger partial charge in [0.1, 0.15) is 0 Å². The van der Waals surface area contributed by atoms with Crippen molar-refractivity contribution in [2.45, 2.75) is 27.3 Å². The van der Waals surface area contributed by atoms with E-state index in [-0.39, 0.29) is 5.91 Å². The molecule has 1 aromatic rings. The molecule has 0 bridgehead atoms. The van der Waals surface area contributed by atoms with E-state index in [0.29, 0.717) is 19.6 Å². The number of carbonyl (C=O) groups excluding carboxylic acids is 1. The standard InChI is InChI=1S/C15H23ClN2O/c1-4-17(5-2)12-15(19)18(6-3)11-13-9-7-8-10-14(13)16/h7-10H,4-6,11-12H2,1-3H3. The van der Waals surface area contributed by atoms with Gasteiger partial charge in [0.2, 0.25) is 5.91 Å². The number of nitrogens with zero attached hydrogens (tertiary/aromatic N) is 2. The van der Waals surface area contributed by atoms with Crippen LogP contribution in [0.4, 0.5) is 0 Å². The maximum Gasteiger partial charge on any atom is 0.237 e. The Morgan fingerprint density at radius 2 is 1.74 bits per heavy atom. The minimum absolute atomic E-state index is 0.158. The molecular weight excluding hydrogens is 260 g/mol. The lowest BCUT2D eigenvalue weighted by Crippen LogP contribution is -2.39. The fourth-order valence-electron chi connectivity index (χ4n) is 1.95. The number of halogens is 1. The Kier molecular flexibility index (Phi) is 6.89. The zero-order chi connectivity index (χ0) is 14.3. The van der Waals surface area contributed by atoms with Gasteiger partial charge in [0.25, 0.3) is 0 Å². The Labute approximate surface area is 121 Å². The molecule has 0 fully saturated rings. The molecule has 0 aliphatic heterocycles. The SMILES string of the molecule is CCN(CC)CC(=O)N(CC)Cc1ccccc1Cl. The maximum absolute atomic E-state index is 12.3. The molecule has 0 spiro atoms. The van der Waals surface area contributed by atoms with Gasteiger partial charge in [-0.3, -0.25) is 9.69 Å². The molecule has 19 heavy (non-hydrogen) atoms. The topological polar surface area (TPSA) is 23.6 Å².